The van der Waals surface area contributed by atoms with E-state index in [0.717, 1.165) is 12.8 Å². The molecule has 0 aromatic heterocycles. The van der Waals surface area contributed by atoms with Crippen molar-refractivity contribution in [3.8, 4) is 0 Å². The highest BCUT2D eigenvalue weighted by Gasteiger charge is 2.37. The molecule has 0 bridgehead atoms. The van der Waals surface area contributed by atoms with E-state index in [9.17, 15) is 17.5 Å². The van der Waals surface area contributed by atoms with Crippen LogP contribution in [-0.4, -0.2) is 25.2 Å². The lowest BCUT2D eigenvalue weighted by atomic mass is 9.85. The summed E-state index contributed by atoms with van der Waals surface area (Å²) in [4.78, 5) is 8.36. The normalized spacial score (nSPS) is 35.0. The molecule has 0 amide bonds. The Bertz CT molecular complexity index is 376. The molecule has 0 spiro atoms. The summed E-state index contributed by atoms with van der Waals surface area (Å²) >= 11 is 0. The molecule has 2 unspecified atom stereocenters. The molecule has 1 rings (SSSR count). The summed E-state index contributed by atoms with van der Waals surface area (Å²) in [6.45, 7) is 1.81. The third-order valence-electron chi connectivity index (χ3n) is 3.23. The number of hydrogen-bond donors (Lipinski definition) is 1. The summed E-state index contributed by atoms with van der Waals surface area (Å²) in [5.41, 5.74) is 0. The van der Waals surface area contributed by atoms with E-state index < -0.39 is 21.3 Å². The molecule has 1 aliphatic rings. The van der Waals surface area contributed by atoms with E-state index in [2.05, 4.69) is 4.52 Å². The van der Waals surface area contributed by atoms with Gasteiger partial charge in [0.25, 0.3) is 0 Å². The molecule has 18 heavy (non-hydrogen) atoms. The molecule has 1 saturated carbocycles. The van der Waals surface area contributed by atoms with Crippen LogP contribution in [0.5, 0.6) is 0 Å². The summed E-state index contributed by atoms with van der Waals surface area (Å²) in [5, 5.41) is 0. The second-order valence-electron chi connectivity index (χ2n) is 4.80. The Hall–Kier alpha value is 0.305. The first-order valence-corrected chi connectivity index (χ1v) is 9.27. The Labute approximate surface area is 107 Å². The van der Waals surface area contributed by atoms with Crippen LogP contribution in [0, 0.1) is 11.8 Å². The van der Waals surface area contributed by atoms with Gasteiger partial charge >= 0.3 is 15.4 Å². The second kappa shape index (κ2) is 6.17. The standard InChI is InChI=1S/C9H17BF2O4P2/c1-2-7-3-9(10)4-8(7)5-16-18(12,15)6-17(11,13)14/h7-9H,2-6H2,1H3,(H,13,14)/t7-,8-,9+,18?/m1/s1. The fraction of sp³-hybridized carbons (Fsp3) is 1.00. The number of hydrogen-bond acceptors (Lipinski definition) is 3. The van der Waals surface area contributed by atoms with E-state index in [1.165, 1.54) is 0 Å². The zero-order valence-electron chi connectivity index (χ0n) is 10.2. The van der Waals surface area contributed by atoms with Crippen LogP contribution in [0.1, 0.15) is 26.2 Å². The quantitative estimate of drug-likeness (QED) is 0.600. The topological polar surface area (TPSA) is 63.6 Å². The van der Waals surface area contributed by atoms with E-state index in [1.807, 2.05) is 6.92 Å². The first-order chi connectivity index (χ1) is 8.13. The van der Waals surface area contributed by atoms with Crippen molar-refractivity contribution >= 4 is 23.2 Å². The Morgan fingerprint density at radius 1 is 1.33 bits per heavy atom. The Balaban J connectivity index is 2.49. The predicted molar refractivity (Wildman–Crippen MR) is 66.5 cm³/mol. The highest BCUT2D eigenvalue weighted by Crippen LogP contribution is 2.62. The van der Waals surface area contributed by atoms with Crippen molar-refractivity contribution in [1.29, 1.82) is 0 Å². The monoisotopic (exact) mass is 300 g/mol. The van der Waals surface area contributed by atoms with Crippen molar-refractivity contribution in [2.75, 3.05) is 12.5 Å². The van der Waals surface area contributed by atoms with Crippen LogP contribution in [0.2, 0.25) is 5.82 Å². The number of rotatable bonds is 6. The minimum absolute atomic E-state index is 0.00710. The van der Waals surface area contributed by atoms with Gasteiger partial charge in [-0.25, -0.2) is 0 Å². The van der Waals surface area contributed by atoms with E-state index in [-0.39, 0.29) is 24.3 Å². The van der Waals surface area contributed by atoms with Crippen LogP contribution in [0.4, 0.5) is 8.39 Å². The molecular formula is C9H17BF2O4P2. The molecule has 2 radical (unpaired) electrons. The van der Waals surface area contributed by atoms with Crippen LogP contribution in [0.15, 0.2) is 0 Å². The van der Waals surface area contributed by atoms with Gasteiger partial charge in [0.15, 0.2) is 5.90 Å². The first kappa shape index (κ1) is 16.4. The maximum Gasteiger partial charge on any atom is 0.379 e. The van der Waals surface area contributed by atoms with Crippen LogP contribution in [-0.2, 0) is 13.7 Å². The molecule has 0 aliphatic heterocycles. The average Bonchev–Trinajstić information content (AvgIpc) is 2.52. The van der Waals surface area contributed by atoms with Gasteiger partial charge in [0.05, 0.1) is 14.5 Å². The minimum atomic E-state index is -5.17. The van der Waals surface area contributed by atoms with Crippen LogP contribution < -0.4 is 0 Å². The smallest absolute Gasteiger partial charge is 0.321 e. The largest absolute Gasteiger partial charge is 0.379 e. The Morgan fingerprint density at radius 2 is 1.89 bits per heavy atom. The Morgan fingerprint density at radius 3 is 2.39 bits per heavy atom. The van der Waals surface area contributed by atoms with Crippen molar-refractivity contribution < 1.29 is 26.9 Å². The van der Waals surface area contributed by atoms with Gasteiger partial charge in [0, 0.05) is 0 Å². The molecule has 0 aromatic rings. The molecule has 1 N–H and O–H groups in total. The first-order valence-electron chi connectivity index (χ1n) is 5.83. The van der Waals surface area contributed by atoms with E-state index in [1.54, 1.807) is 0 Å². The van der Waals surface area contributed by atoms with Crippen LogP contribution in [0.3, 0.4) is 0 Å². The molecule has 4 nitrogen and oxygen atoms in total. The maximum atomic E-state index is 13.3. The summed E-state index contributed by atoms with van der Waals surface area (Å²) in [6, 6.07) is 0. The van der Waals surface area contributed by atoms with Gasteiger partial charge in [-0.15, -0.1) is 0 Å². The lowest BCUT2D eigenvalue weighted by molar-refractivity contribution is 0.201. The van der Waals surface area contributed by atoms with Crippen LogP contribution in [0.25, 0.3) is 0 Å². The summed E-state index contributed by atoms with van der Waals surface area (Å²) in [5.74, 6) is -1.35. The number of halogens is 2. The second-order valence-corrected chi connectivity index (χ2v) is 8.61. The molecule has 1 aliphatic carbocycles. The third-order valence-corrected chi connectivity index (χ3v) is 6.51. The minimum Gasteiger partial charge on any atom is -0.321 e. The van der Waals surface area contributed by atoms with Gasteiger partial charge in [-0.05, 0) is 11.8 Å². The van der Waals surface area contributed by atoms with Crippen LogP contribution >= 0.6 is 15.4 Å². The highest BCUT2D eigenvalue weighted by molar-refractivity contribution is 7.70. The maximum absolute atomic E-state index is 13.3. The molecule has 0 aromatic carbocycles. The van der Waals surface area contributed by atoms with Gasteiger partial charge in [-0.1, -0.05) is 32.0 Å². The van der Waals surface area contributed by atoms with E-state index in [0.29, 0.717) is 6.42 Å². The molecule has 104 valence electrons. The van der Waals surface area contributed by atoms with Gasteiger partial charge in [-0.3, -0.25) is 9.13 Å². The molecule has 5 atom stereocenters. The predicted octanol–water partition coefficient (Wildman–Crippen LogP) is 3.67. The fourth-order valence-electron chi connectivity index (χ4n) is 2.42. The molecule has 9 heteroatoms. The zero-order valence-corrected chi connectivity index (χ0v) is 12.0. The SMILES string of the molecule is [B][C@H]1C[C@@H](CC)[C@@H](COP(=O)(F)CP(=O)(O)F)C1. The van der Waals surface area contributed by atoms with Crippen molar-refractivity contribution in [3.05, 3.63) is 0 Å². The molecule has 0 heterocycles. The Kier molecular flexibility index (Phi) is 5.61. The van der Waals surface area contributed by atoms with Crippen molar-refractivity contribution in [1.82, 2.24) is 0 Å². The van der Waals surface area contributed by atoms with E-state index >= 15 is 0 Å². The zero-order chi connectivity index (χ0) is 14.0. The van der Waals surface area contributed by atoms with E-state index in [4.69, 9.17) is 12.7 Å². The summed E-state index contributed by atoms with van der Waals surface area (Å²) in [7, 11) is -4.25. The highest BCUT2D eigenvalue weighted by atomic mass is 31.3. The van der Waals surface area contributed by atoms with Crippen molar-refractivity contribution in [3.63, 3.8) is 0 Å². The van der Waals surface area contributed by atoms with Gasteiger partial charge in [-0.2, -0.15) is 8.39 Å². The third kappa shape index (κ3) is 5.52. The lowest BCUT2D eigenvalue weighted by Crippen LogP contribution is -2.13. The molecule has 1 fully saturated rings. The van der Waals surface area contributed by atoms with Crippen molar-refractivity contribution in [2.45, 2.75) is 32.0 Å². The fourth-order valence-corrected chi connectivity index (χ4v) is 4.83. The summed E-state index contributed by atoms with van der Waals surface area (Å²) in [6.07, 6.45) is 2.27. The van der Waals surface area contributed by atoms with Crippen molar-refractivity contribution in [2.24, 2.45) is 11.8 Å². The van der Waals surface area contributed by atoms with Gasteiger partial charge < -0.3 is 9.42 Å². The molecule has 0 saturated heterocycles. The molecular weight excluding hydrogens is 283 g/mol. The lowest BCUT2D eigenvalue weighted by Gasteiger charge is -2.19. The average molecular weight is 300 g/mol. The van der Waals surface area contributed by atoms with Gasteiger partial charge in [0.1, 0.15) is 0 Å². The van der Waals surface area contributed by atoms with Gasteiger partial charge in [0.2, 0.25) is 0 Å². The summed E-state index contributed by atoms with van der Waals surface area (Å²) < 4.78 is 51.8.